The Hall–Kier alpha value is -1.56. The van der Waals surface area contributed by atoms with Gasteiger partial charge in [0, 0.05) is 0 Å². The van der Waals surface area contributed by atoms with Crippen LogP contribution in [0.25, 0.3) is 11.1 Å². The van der Waals surface area contributed by atoms with E-state index in [1.807, 2.05) is 0 Å². The second-order valence-electron chi connectivity index (χ2n) is 7.86. The summed E-state index contributed by atoms with van der Waals surface area (Å²) in [6.45, 7) is 8.97. The van der Waals surface area contributed by atoms with Gasteiger partial charge in [0.25, 0.3) is 0 Å². The van der Waals surface area contributed by atoms with Crippen LogP contribution in [0.3, 0.4) is 0 Å². The average Bonchev–Trinajstić information content (AvgIpc) is 2.60. The zero-order valence-corrected chi connectivity index (χ0v) is 15.9. The van der Waals surface area contributed by atoms with Gasteiger partial charge in [-0.3, -0.25) is 0 Å². The van der Waals surface area contributed by atoms with Gasteiger partial charge in [0.15, 0.2) is 0 Å². The van der Waals surface area contributed by atoms with Crippen molar-refractivity contribution < 1.29 is 0 Å². The zero-order valence-electron chi connectivity index (χ0n) is 15.9. The second kappa shape index (κ2) is 7.55. The first-order valence-corrected chi connectivity index (χ1v) is 9.76. The third kappa shape index (κ3) is 3.74. The molecule has 0 bridgehead atoms. The van der Waals surface area contributed by atoms with E-state index in [0.717, 1.165) is 11.8 Å². The van der Waals surface area contributed by atoms with Gasteiger partial charge >= 0.3 is 0 Å². The van der Waals surface area contributed by atoms with Crippen LogP contribution in [0.15, 0.2) is 36.4 Å². The van der Waals surface area contributed by atoms with Gasteiger partial charge in [-0.2, -0.15) is 0 Å². The number of rotatable bonds is 4. The molecule has 1 aliphatic carbocycles. The molecule has 0 heteroatoms. The fraction of sp³-hybridized carbons (Fsp3) is 0.500. The maximum atomic E-state index is 2.38. The molecule has 1 saturated carbocycles. The summed E-state index contributed by atoms with van der Waals surface area (Å²) in [5.74, 6) is 1.78. The third-order valence-corrected chi connectivity index (χ3v) is 6.19. The van der Waals surface area contributed by atoms with Crippen LogP contribution in [0.5, 0.6) is 0 Å². The predicted octanol–water partition coefficient (Wildman–Crippen LogP) is 7.35. The average molecular weight is 321 g/mol. The number of aryl methyl sites for hydroxylation is 2. The Morgan fingerprint density at radius 3 is 1.92 bits per heavy atom. The summed E-state index contributed by atoms with van der Waals surface area (Å²) < 4.78 is 0. The van der Waals surface area contributed by atoms with Gasteiger partial charge < -0.3 is 0 Å². The summed E-state index contributed by atoms with van der Waals surface area (Å²) in [6, 6.07) is 14.1. The molecule has 0 nitrogen and oxygen atoms in total. The lowest BCUT2D eigenvalue weighted by Crippen LogP contribution is -2.13. The molecule has 0 aromatic heterocycles. The lowest BCUT2D eigenvalue weighted by Gasteiger charge is -2.28. The minimum Gasteiger partial charge on any atom is -0.0654 e. The standard InChI is InChI=1S/C24H32/c1-5-6-20-7-9-21(10-8-20)22-11-13-23(14-12-22)24-15-17(2)19(4)18(3)16-24/h11-16,20-21H,5-10H2,1-4H3. The van der Waals surface area contributed by atoms with Crippen LogP contribution >= 0.6 is 0 Å². The van der Waals surface area contributed by atoms with E-state index >= 15 is 0 Å². The van der Waals surface area contributed by atoms with Crippen molar-refractivity contribution in [3.05, 3.63) is 58.7 Å². The first-order valence-electron chi connectivity index (χ1n) is 9.76. The minimum absolute atomic E-state index is 0.786. The largest absolute Gasteiger partial charge is 0.0654 e. The molecule has 0 aliphatic heterocycles. The van der Waals surface area contributed by atoms with Crippen molar-refractivity contribution in [3.63, 3.8) is 0 Å². The summed E-state index contributed by atoms with van der Waals surface area (Å²) in [4.78, 5) is 0. The molecular weight excluding hydrogens is 288 g/mol. The highest BCUT2D eigenvalue weighted by Crippen LogP contribution is 2.38. The highest BCUT2D eigenvalue weighted by molar-refractivity contribution is 5.66. The summed E-state index contributed by atoms with van der Waals surface area (Å²) in [7, 11) is 0. The molecule has 1 aliphatic rings. The van der Waals surface area contributed by atoms with Crippen LogP contribution in [0.1, 0.15) is 73.6 Å². The molecule has 24 heavy (non-hydrogen) atoms. The smallest absolute Gasteiger partial charge is 0.0162 e. The van der Waals surface area contributed by atoms with Gasteiger partial charge in [0.2, 0.25) is 0 Å². The number of hydrogen-bond acceptors (Lipinski definition) is 0. The highest BCUT2D eigenvalue weighted by Gasteiger charge is 2.21. The Morgan fingerprint density at radius 2 is 1.38 bits per heavy atom. The first kappa shape index (κ1) is 17.3. The van der Waals surface area contributed by atoms with Crippen LogP contribution in [0, 0.1) is 26.7 Å². The van der Waals surface area contributed by atoms with E-state index in [9.17, 15) is 0 Å². The molecule has 2 aromatic carbocycles. The van der Waals surface area contributed by atoms with Gasteiger partial charge in [-0.15, -0.1) is 0 Å². The first-order chi connectivity index (χ1) is 11.6. The van der Waals surface area contributed by atoms with Gasteiger partial charge in [0.05, 0.1) is 0 Å². The summed E-state index contributed by atoms with van der Waals surface area (Å²) in [5, 5.41) is 0. The van der Waals surface area contributed by atoms with E-state index in [4.69, 9.17) is 0 Å². The van der Waals surface area contributed by atoms with Gasteiger partial charge in [-0.1, -0.05) is 56.2 Å². The Kier molecular flexibility index (Phi) is 5.43. The Bertz CT molecular complexity index is 647. The molecule has 0 unspecified atom stereocenters. The third-order valence-electron chi connectivity index (χ3n) is 6.19. The van der Waals surface area contributed by atoms with Crippen molar-refractivity contribution in [1.29, 1.82) is 0 Å². The lowest BCUT2D eigenvalue weighted by molar-refractivity contribution is 0.308. The van der Waals surface area contributed by atoms with Crippen LogP contribution < -0.4 is 0 Å². The van der Waals surface area contributed by atoms with E-state index in [0.29, 0.717) is 0 Å². The number of hydrogen-bond donors (Lipinski definition) is 0. The van der Waals surface area contributed by atoms with Gasteiger partial charge in [-0.05, 0) is 91.7 Å². The van der Waals surface area contributed by atoms with Crippen molar-refractivity contribution in [3.8, 4) is 11.1 Å². The summed E-state index contributed by atoms with van der Waals surface area (Å²) >= 11 is 0. The van der Waals surface area contributed by atoms with Crippen molar-refractivity contribution in [2.75, 3.05) is 0 Å². The van der Waals surface area contributed by atoms with E-state index < -0.39 is 0 Å². The van der Waals surface area contributed by atoms with E-state index in [1.165, 1.54) is 66.3 Å². The van der Waals surface area contributed by atoms with Crippen molar-refractivity contribution in [2.24, 2.45) is 5.92 Å². The second-order valence-corrected chi connectivity index (χ2v) is 7.86. The molecule has 128 valence electrons. The monoisotopic (exact) mass is 320 g/mol. The molecule has 0 amide bonds. The highest BCUT2D eigenvalue weighted by atomic mass is 14.3. The van der Waals surface area contributed by atoms with Gasteiger partial charge in [-0.25, -0.2) is 0 Å². The maximum absolute atomic E-state index is 2.38. The van der Waals surface area contributed by atoms with Crippen molar-refractivity contribution in [1.82, 2.24) is 0 Å². The quantitative estimate of drug-likeness (QED) is 0.552. The van der Waals surface area contributed by atoms with E-state index in [1.54, 1.807) is 5.56 Å². The Morgan fingerprint density at radius 1 is 0.792 bits per heavy atom. The maximum Gasteiger partial charge on any atom is -0.0162 e. The molecule has 0 N–H and O–H groups in total. The molecule has 1 fully saturated rings. The minimum atomic E-state index is 0.786. The molecule has 0 saturated heterocycles. The Balaban J connectivity index is 1.72. The molecule has 2 aromatic rings. The topological polar surface area (TPSA) is 0 Å². The van der Waals surface area contributed by atoms with Crippen LogP contribution in [0.2, 0.25) is 0 Å². The molecule has 0 heterocycles. The van der Waals surface area contributed by atoms with E-state index in [-0.39, 0.29) is 0 Å². The van der Waals surface area contributed by atoms with Crippen LogP contribution in [-0.4, -0.2) is 0 Å². The lowest BCUT2D eigenvalue weighted by atomic mass is 9.77. The van der Waals surface area contributed by atoms with E-state index in [2.05, 4.69) is 64.1 Å². The molecule has 3 rings (SSSR count). The van der Waals surface area contributed by atoms with Crippen molar-refractivity contribution in [2.45, 2.75) is 72.1 Å². The van der Waals surface area contributed by atoms with Gasteiger partial charge in [0.1, 0.15) is 0 Å². The summed E-state index contributed by atoms with van der Waals surface area (Å²) in [5.41, 5.74) is 8.46. The fourth-order valence-electron chi connectivity index (χ4n) is 4.34. The molecule has 0 atom stereocenters. The van der Waals surface area contributed by atoms with Crippen LogP contribution in [0.4, 0.5) is 0 Å². The predicted molar refractivity (Wildman–Crippen MR) is 106 cm³/mol. The molecule has 0 spiro atoms. The Labute approximate surface area is 148 Å². The molecular formula is C24H32. The zero-order chi connectivity index (χ0) is 17.1. The summed E-state index contributed by atoms with van der Waals surface area (Å²) in [6.07, 6.45) is 8.39. The van der Waals surface area contributed by atoms with Crippen LogP contribution in [-0.2, 0) is 0 Å². The SMILES string of the molecule is CCCC1CCC(c2ccc(-c3cc(C)c(C)c(C)c3)cc2)CC1. The fourth-order valence-corrected chi connectivity index (χ4v) is 4.34. The normalized spacial score (nSPS) is 21.0. The molecule has 0 radical (unpaired) electrons. The van der Waals surface area contributed by atoms with Crippen molar-refractivity contribution >= 4 is 0 Å². The number of benzene rings is 2.